The van der Waals surface area contributed by atoms with Gasteiger partial charge in [-0.3, -0.25) is 0 Å². The van der Waals surface area contributed by atoms with Crippen LogP contribution in [0.5, 0.6) is 11.5 Å². The van der Waals surface area contributed by atoms with E-state index in [0.29, 0.717) is 35.4 Å². The lowest BCUT2D eigenvalue weighted by Gasteiger charge is -2.18. The van der Waals surface area contributed by atoms with Gasteiger partial charge in [-0.2, -0.15) is 0 Å². The van der Waals surface area contributed by atoms with Gasteiger partial charge in [0, 0.05) is 23.8 Å². The van der Waals surface area contributed by atoms with Crippen molar-refractivity contribution in [1.82, 2.24) is 4.90 Å². The number of amides is 2. The maximum Gasteiger partial charge on any atom is 0.321 e. The van der Waals surface area contributed by atoms with Crippen LogP contribution in [0, 0.1) is 0 Å². The number of anilines is 1. The molecule has 0 saturated heterocycles. The monoisotopic (exact) mass is 334 g/mol. The van der Waals surface area contributed by atoms with Crippen LogP contribution in [0.25, 0.3) is 0 Å². The molecule has 2 aromatic rings. The number of ether oxygens (including phenoxy) is 2. The fourth-order valence-corrected chi connectivity index (χ4v) is 2.06. The van der Waals surface area contributed by atoms with Crippen LogP contribution in [-0.4, -0.2) is 38.2 Å². The Morgan fingerprint density at radius 3 is 2.65 bits per heavy atom. The van der Waals surface area contributed by atoms with Crippen LogP contribution in [-0.2, 0) is 0 Å². The van der Waals surface area contributed by atoms with Crippen molar-refractivity contribution in [2.24, 2.45) is 0 Å². The largest absolute Gasteiger partial charge is 0.497 e. The maximum absolute atomic E-state index is 12.1. The molecule has 0 aliphatic carbocycles. The Balaban J connectivity index is 1.80. The highest BCUT2D eigenvalue weighted by atomic mass is 35.5. The second kappa shape index (κ2) is 8.29. The minimum atomic E-state index is -0.215. The molecule has 2 amide bonds. The molecule has 23 heavy (non-hydrogen) atoms. The van der Waals surface area contributed by atoms with E-state index >= 15 is 0 Å². The van der Waals surface area contributed by atoms with Gasteiger partial charge in [0.2, 0.25) is 0 Å². The smallest absolute Gasteiger partial charge is 0.321 e. The third kappa shape index (κ3) is 5.38. The average Bonchev–Trinajstić information content (AvgIpc) is 2.55. The normalized spacial score (nSPS) is 10.0. The standard InChI is InChI=1S/C17H19ClN2O3/c1-20(9-10-23-16-8-3-5-13(18)11-16)17(21)19-14-6-4-7-15(12-14)22-2/h3-8,11-12H,9-10H2,1-2H3,(H,19,21). The third-order valence-corrected chi connectivity index (χ3v) is 3.39. The lowest BCUT2D eigenvalue weighted by molar-refractivity contribution is 0.207. The first-order valence-corrected chi connectivity index (χ1v) is 7.51. The van der Waals surface area contributed by atoms with E-state index in [1.807, 2.05) is 24.3 Å². The van der Waals surface area contributed by atoms with Gasteiger partial charge >= 0.3 is 6.03 Å². The minimum absolute atomic E-state index is 0.215. The van der Waals surface area contributed by atoms with Crippen molar-refractivity contribution in [1.29, 1.82) is 0 Å². The van der Waals surface area contributed by atoms with Crippen molar-refractivity contribution in [3.05, 3.63) is 53.6 Å². The Morgan fingerprint density at radius 2 is 1.91 bits per heavy atom. The summed E-state index contributed by atoms with van der Waals surface area (Å²) < 4.78 is 10.7. The number of urea groups is 1. The third-order valence-electron chi connectivity index (χ3n) is 3.16. The number of likely N-dealkylation sites (N-methyl/N-ethyl adjacent to an activating group) is 1. The van der Waals surface area contributed by atoms with Crippen LogP contribution in [0.2, 0.25) is 5.02 Å². The Bertz CT molecular complexity index is 664. The summed E-state index contributed by atoms with van der Waals surface area (Å²) >= 11 is 5.89. The number of halogens is 1. The highest BCUT2D eigenvalue weighted by Gasteiger charge is 2.09. The van der Waals surface area contributed by atoms with Crippen LogP contribution in [0.1, 0.15) is 0 Å². The van der Waals surface area contributed by atoms with Gasteiger partial charge in [0.05, 0.1) is 13.7 Å². The summed E-state index contributed by atoms with van der Waals surface area (Å²) in [6, 6.07) is 14.1. The van der Waals surface area contributed by atoms with E-state index in [4.69, 9.17) is 21.1 Å². The molecule has 0 aliphatic heterocycles. The molecule has 0 radical (unpaired) electrons. The molecule has 2 aromatic carbocycles. The number of methoxy groups -OCH3 is 1. The Kier molecular flexibility index (Phi) is 6.11. The number of hydrogen-bond acceptors (Lipinski definition) is 3. The molecule has 0 spiro atoms. The topological polar surface area (TPSA) is 50.8 Å². The molecule has 5 nitrogen and oxygen atoms in total. The zero-order valence-electron chi connectivity index (χ0n) is 13.1. The maximum atomic E-state index is 12.1. The van der Waals surface area contributed by atoms with Gasteiger partial charge in [-0.1, -0.05) is 23.7 Å². The van der Waals surface area contributed by atoms with Crippen LogP contribution in [0.3, 0.4) is 0 Å². The summed E-state index contributed by atoms with van der Waals surface area (Å²) in [5.74, 6) is 1.37. The molecule has 0 atom stereocenters. The van der Waals surface area contributed by atoms with Gasteiger partial charge in [-0.25, -0.2) is 4.79 Å². The van der Waals surface area contributed by atoms with Gasteiger partial charge in [0.1, 0.15) is 18.1 Å². The zero-order valence-corrected chi connectivity index (χ0v) is 13.8. The van der Waals surface area contributed by atoms with Gasteiger partial charge in [0.15, 0.2) is 0 Å². The first-order valence-electron chi connectivity index (χ1n) is 7.13. The molecule has 0 heterocycles. The molecule has 0 aliphatic rings. The zero-order chi connectivity index (χ0) is 16.7. The average molecular weight is 335 g/mol. The van der Waals surface area contributed by atoms with E-state index in [-0.39, 0.29) is 6.03 Å². The first kappa shape index (κ1) is 17.0. The summed E-state index contributed by atoms with van der Waals surface area (Å²) in [5.41, 5.74) is 0.678. The summed E-state index contributed by atoms with van der Waals surface area (Å²) in [6.07, 6.45) is 0. The fraction of sp³-hybridized carbons (Fsp3) is 0.235. The number of hydrogen-bond donors (Lipinski definition) is 1. The van der Waals surface area contributed by atoms with E-state index in [0.717, 1.165) is 0 Å². The Morgan fingerprint density at radius 1 is 1.17 bits per heavy atom. The molecule has 0 saturated carbocycles. The number of nitrogens with zero attached hydrogens (tertiary/aromatic N) is 1. The summed E-state index contributed by atoms with van der Waals surface area (Å²) in [5, 5.41) is 3.42. The van der Waals surface area contributed by atoms with Gasteiger partial charge in [0.25, 0.3) is 0 Å². The second-order valence-electron chi connectivity index (χ2n) is 4.89. The summed E-state index contributed by atoms with van der Waals surface area (Å²) in [7, 11) is 3.29. The fourth-order valence-electron chi connectivity index (χ4n) is 1.88. The van der Waals surface area contributed by atoms with E-state index in [1.54, 1.807) is 43.3 Å². The van der Waals surface area contributed by atoms with Crippen molar-refractivity contribution >= 4 is 23.3 Å². The van der Waals surface area contributed by atoms with Crippen molar-refractivity contribution in [2.45, 2.75) is 0 Å². The number of benzene rings is 2. The van der Waals surface area contributed by atoms with E-state index in [1.165, 1.54) is 0 Å². The molecule has 0 unspecified atom stereocenters. The molecule has 6 heteroatoms. The number of carbonyl (C=O) groups excluding carboxylic acids is 1. The van der Waals surface area contributed by atoms with Gasteiger partial charge < -0.3 is 19.7 Å². The Hall–Kier alpha value is -2.40. The molecule has 0 aromatic heterocycles. The minimum Gasteiger partial charge on any atom is -0.497 e. The molecular weight excluding hydrogens is 316 g/mol. The molecule has 2 rings (SSSR count). The van der Waals surface area contributed by atoms with Crippen LogP contribution >= 0.6 is 11.6 Å². The molecule has 0 bridgehead atoms. The van der Waals surface area contributed by atoms with Crippen LogP contribution in [0.4, 0.5) is 10.5 Å². The SMILES string of the molecule is COc1cccc(NC(=O)N(C)CCOc2cccc(Cl)c2)c1. The lowest BCUT2D eigenvalue weighted by Crippen LogP contribution is -2.34. The first-order chi connectivity index (χ1) is 11.1. The quantitative estimate of drug-likeness (QED) is 0.871. The summed E-state index contributed by atoms with van der Waals surface area (Å²) in [6.45, 7) is 0.824. The van der Waals surface area contributed by atoms with Crippen molar-refractivity contribution in [3.63, 3.8) is 0 Å². The van der Waals surface area contributed by atoms with Crippen molar-refractivity contribution in [2.75, 3.05) is 32.6 Å². The Labute approximate surface area is 140 Å². The van der Waals surface area contributed by atoms with Crippen molar-refractivity contribution < 1.29 is 14.3 Å². The van der Waals surface area contributed by atoms with Crippen molar-refractivity contribution in [3.8, 4) is 11.5 Å². The summed E-state index contributed by atoms with van der Waals surface area (Å²) in [4.78, 5) is 13.7. The highest BCUT2D eigenvalue weighted by molar-refractivity contribution is 6.30. The van der Waals surface area contributed by atoms with E-state index < -0.39 is 0 Å². The second-order valence-corrected chi connectivity index (χ2v) is 5.33. The molecular formula is C17H19ClN2O3. The van der Waals surface area contributed by atoms with E-state index in [2.05, 4.69) is 5.32 Å². The molecule has 122 valence electrons. The van der Waals surface area contributed by atoms with Crippen LogP contribution in [0.15, 0.2) is 48.5 Å². The molecule has 0 fully saturated rings. The predicted molar refractivity (Wildman–Crippen MR) is 91.6 cm³/mol. The van der Waals surface area contributed by atoms with Crippen LogP contribution < -0.4 is 14.8 Å². The van der Waals surface area contributed by atoms with Gasteiger partial charge in [-0.15, -0.1) is 0 Å². The predicted octanol–water partition coefficient (Wildman–Crippen LogP) is 3.89. The van der Waals surface area contributed by atoms with E-state index in [9.17, 15) is 4.79 Å². The van der Waals surface area contributed by atoms with Gasteiger partial charge in [-0.05, 0) is 30.3 Å². The number of nitrogens with one attached hydrogen (secondary N) is 1. The number of rotatable bonds is 6. The lowest BCUT2D eigenvalue weighted by atomic mass is 10.3. The number of carbonyl (C=O) groups is 1. The molecule has 1 N–H and O–H groups in total. The highest BCUT2D eigenvalue weighted by Crippen LogP contribution is 2.18.